The third-order valence-electron chi connectivity index (χ3n) is 3.01. The van der Waals surface area contributed by atoms with Crippen LogP contribution in [0.15, 0.2) is 0 Å². The SMILES string of the molecule is C#CCCNC(=O)NC1CCCN(CCOC)C1. The summed E-state index contributed by atoms with van der Waals surface area (Å²) >= 11 is 0. The quantitative estimate of drug-likeness (QED) is 0.533. The third-order valence-corrected chi connectivity index (χ3v) is 3.01. The summed E-state index contributed by atoms with van der Waals surface area (Å²) in [5.74, 6) is 2.49. The average Bonchev–Trinajstić information content (AvgIpc) is 2.37. The van der Waals surface area contributed by atoms with Crippen molar-refractivity contribution in [2.24, 2.45) is 0 Å². The highest BCUT2D eigenvalue weighted by molar-refractivity contribution is 5.74. The Morgan fingerprint density at radius 3 is 3.17 bits per heavy atom. The van der Waals surface area contributed by atoms with Gasteiger partial charge < -0.3 is 15.4 Å². The number of nitrogens with zero attached hydrogens (tertiary/aromatic N) is 1. The molecule has 0 spiro atoms. The first-order valence-corrected chi connectivity index (χ1v) is 6.45. The van der Waals surface area contributed by atoms with E-state index in [0.29, 0.717) is 13.0 Å². The number of terminal acetylenes is 1. The second kappa shape index (κ2) is 8.78. The van der Waals surface area contributed by atoms with Gasteiger partial charge in [0.25, 0.3) is 0 Å². The lowest BCUT2D eigenvalue weighted by molar-refractivity contribution is 0.123. The average molecular weight is 253 g/mol. The minimum absolute atomic E-state index is 0.121. The first-order chi connectivity index (χ1) is 8.76. The van der Waals surface area contributed by atoms with Gasteiger partial charge in [-0.2, -0.15) is 0 Å². The largest absolute Gasteiger partial charge is 0.383 e. The van der Waals surface area contributed by atoms with Gasteiger partial charge in [0.15, 0.2) is 0 Å². The highest BCUT2D eigenvalue weighted by Gasteiger charge is 2.20. The number of likely N-dealkylation sites (tertiary alicyclic amines) is 1. The van der Waals surface area contributed by atoms with Gasteiger partial charge in [-0.25, -0.2) is 4.79 Å². The van der Waals surface area contributed by atoms with Crippen LogP contribution in [0.1, 0.15) is 19.3 Å². The van der Waals surface area contributed by atoms with E-state index in [4.69, 9.17) is 11.2 Å². The molecule has 2 N–H and O–H groups in total. The first kappa shape index (κ1) is 14.8. The zero-order chi connectivity index (χ0) is 13.2. The van der Waals surface area contributed by atoms with E-state index in [9.17, 15) is 4.79 Å². The molecule has 1 atom stereocenters. The molecule has 102 valence electrons. The fourth-order valence-corrected chi connectivity index (χ4v) is 2.08. The Hall–Kier alpha value is -1.25. The number of carbonyl (C=O) groups excluding carboxylic acids is 1. The van der Waals surface area contributed by atoms with Gasteiger partial charge >= 0.3 is 6.03 Å². The summed E-state index contributed by atoms with van der Waals surface area (Å²) in [5, 5.41) is 5.74. The summed E-state index contributed by atoms with van der Waals surface area (Å²) in [6.45, 7) is 4.17. The molecule has 18 heavy (non-hydrogen) atoms. The number of hydrogen-bond acceptors (Lipinski definition) is 3. The Kier molecular flexibility index (Phi) is 7.23. The summed E-state index contributed by atoms with van der Waals surface area (Å²) < 4.78 is 5.07. The molecule has 0 aliphatic carbocycles. The van der Waals surface area contributed by atoms with E-state index in [0.717, 1.165) is 39.1 Å². The number of rotatable bonds is 6. The molecule has 2 amide bonds. The van der Waals surface area contributed by atoms with Crippen LogP contribution in [0.5, 0.6) is 0 Å². The highest BCUT2D eigenvalue weighted by Crippen LogP contribution is 2.09. The van der Waals surface area contributed by atoms with Crippen LogP contribution in [0.4, 0.5) is 4.79 Å². The van der Waals surface area contributed by atoms with E-state index >= 15 is 0 Å². The van der Waals surface area contributed by atoms with Crippen LogP contribution in [0, 0.1) is 12.3 Å². The zero-order valence-electron chi connectivity index (χ0n) is 11.1. The number of hydrogen-bond donors (Lipinski definition) is 2. The molecule has 1 saturated heterocycles. The topological polar surface area (TPSA) is 53.6 Å². The summed E-state index contributed by atoms with van der Waals surface area (Å²) in [6, 6.07) is 0.102. The molecule has 1 aliphatic heterocycles. The van der Waals surface area contributed by atoms with Crippen molar-refractivity contribution in [1.29, 1.82) is 0 Å². The molecular weight excluding hydrogens is 230 g/mol. The summed E-state index contributed by atoms with van der Waals surface area (Å²) in [5.41, 5.74) is 0. The molecule has 0 aromatic carbocycles. The Balaban J connectivity index is 2.20. The molecule has 5 nitrogen and oxygen atoms in total. The van der Waals surface area contributed by atoms with Crippen molar-refractivity contribution >= 4 is 6.03 Å². The molecule has 0 aromatic heterocycles. The van der Waals surface area contributed by atoms with E-state index in [1.165, 1.54) is 0 Å². The van der Waals surface area contributed by atoms with Gasteiger partial charge in [-0.15, -0.1) is 12.3 Å². The molecule has 0 radical (unpaired) electrons. The van der Waals surface area contributed by atoms with E-state index < -0.39 is 0 Å². The molecule has 1 rings (SSSR count). The summed E-state index contributed by atoms with van der Waals surface area (Å²) in [6.07, 6.45) is 7.83. The van der Waals surface area contributed by atoms with Crippen molar-refractivity contribution in [2.45, 2.75) is 25.3 Å². The molecule has 1 fully saturated rings. The molecule has 1 unspecified atom stereocenters. The van der Waals surface area contributed by atoms with Crippen molar-refractivity contribution in [2.75, 3.05) is 39.9 Å². The van der Waals surface area contributed by atoms with Gasteiger partial charge in [0.1, 0.15) is 0 Å². The number of ether oxygens (including phenoxy) is 1. The maximum Gasteiger partial charge on any atom is 0.315 e. The molecule has 0 saturated carbocycles. The summed E-state index contributed by atoms with van der Waals surface area (Å²) in [7, 11) is 1.71. The van der Waals surface area contributed by atoms with E-state index in [1.807, 2.05) is 0 Å². The number of amides is 2. The van der Waals surface area contributed by atoms with Crippen LogP contribution in [0.25, 0.3) is 0 Å². The summed E-state index contributed by atoms with van der Waals surface area (Å²) in [4.78, 5) is 13.9. The van der Waals surface area contributed by atoms with Crippen molar-refractivity contribution < 1.29 is 9.53 Å². The molecule has 1 aliphatic rings. The highest BCUT2D eigenvalue weighted by atomic mass is 16.5. The van der Waals surface area contributed by atoms with Gasteiger partial charge in [0, 0.05) is 39.2 Å². The Bertz CT molecular complexity index is 288. The van der Waals surface area contributed by atoms with Crippen LogP contribution in [0.2, 0.25) is 0 Å². The fraction of sp³-hybridized carbons (Fsp3) is 0.769. The second-order valence-electron chi connectivity index (χ2n) is 4.49. The fourth-order valence-electron chi connectivity index (χ4n) is 2.08. The minimum Gasteiger partial charge on any atom is -0.383 e. The van der Waals surface area contributed by atoms with Crippen molar-refractivity contribution in [3.8, 4) is 12.3 Å². The lowest BCUT2D eigenvalue weighted by Gasteiger charge is -2.32. The van der Waals surface area contributed by atoms with Crippen molar-refractivity contribution in [3.63, 3.8) is 0 Å². The normalized spacial score (nSPS) is 20.1. The molecule has 5 heteroatoms. The molecule has 1 heterocycles. The zero-order valence-corrected chi connectivity index (χ0v) is 11.1. The monoisotopic (exact) mass is 253 g/mol. The number of carbonyl (C=O) groups is 1. The van der Waals surface area contributed by atoms with Crippen LogP contribution in [-0.4, -0.2) is 56.9 Å². The van der Waals surface area contributed by atoms with Crippen LogP contribution in [0.3, 0.4) is 0 Å². The number of urea groups is 1. The van der Waals surface area contributed by atoms with Gasteiger partial charge in [0.2, 0.25) is 0 Å². The van der Waals surface area contributed by atoms with E-state index in [2.05, 4.69) is 21.5 Å². The molecule has 0 bridgehead atoms. The van der Waals surface area contributed by atoms with Crippen LogP contribution in [-0.2, 0) is 4.74 Å². The second-order valence-corrected chi connectivity index (χ2v) is 4.49. The predicted molar refractivity (Wildman–Crippen MR) is 71.3 cm³/mol. The van der Waals surface area contributed by atoms with E-state index in [1.54, 1.807) is 7.11 Å². The van der Waals surface area contributed by atoms with Crippen molar-refractivity contribution in [1.82, 2.24) is 15.5 Å². The minimum atomic E-state index is -0.121. The van der Waals surface area contributed by atoms with Crippen LogP contribution < -0.4 is 10.6 Å². The van der Waals surface area contributed by atoms with Gasteiger partial charge in [-0.05, 0) is 19.4 Å². The number of nitrogens with one attached hydrogen (secondary N) is 2. The first-order valence-electron chi connectivity index (χ1n) is 6.45. The maximum absolute atomic E-state index is 11.6. The Morgan fingerprint density at radius 1 is 1.61 bits per heavy atom. The van der Waals surface area contributed by atoms with Gasteiger partial charge in [-0.1, -0.05) is 0 Å². The Morgan fingerprint density at radius 2 is 2.44 bits per heavy atom. The predicted octanol–water partition coefficient (Wildman–Crippen LogP) is 0.420. The van der Waals surface area contributed by atoms with E-state index in [-0.39, 0.29) is 12.1 Å². The smallest absolute Gasteiger partial charge is 0.315 e. The molecular formula is C13H23N3O2. The Labute approximate surface area is 109 Å². The van der Waals surface area contributed by atoms with Crippen LogP contribution >= 0.6 is 0 Å². The standard InChI is InChI=1S/C13H23N3O2/c1-3-4-7-14-13(17)15-12-6-5-8-16(11-12)9-10-18-2/h1,12H,4-11H2,2H3,(H2,14,15,17). The lowest BCUT2D eigenvalue weighted by atomic mass is 10.1. The maximum atomic E-state index is 11.6. The third kappa shape index (κ3) is 5.89. The van der Waals surface area contributed by atoms with Gasteiger partial charge in [-0.3, -0.25) is 4.90 Å². The number of piperidine rings is 1. The lowest BCUT2D eigenvalue weighted by Crippen LogP contribution is -2.51. The van der Waals surface area contributed by atoms with Gasteiger partial charge in [0.05, 0.1) is 6.61 Å². The van der Waals surface area contributed by atoms with Crippen molar-refractivity contribution in [3.05, 3.63) is 0 Å². The molecule has 0 aromatic rings. The number of methoxy groups -OCH3 is 1.